The number of rotatable bonds is 4. The number of halogens is 1. The summed E-state index contributed by atoms with van der Waals surface area (Å²) in [6.45, 7) is 1.84. The molecule has 1 aromatic carbocycles. The summed E-state index contributed by atoms with van der Waals surface area (Å²) in [4.78, 5) is 15.4. The number of nitrogens with zero attached hydrogens (tertiary/aromatic N) is 1. The molecule has 0 spiro atoms. The molecule has 2 aromatic rings. The third-order valence-electron chi connectivity index (χ3n) is 2.30. The second kappa shape index (κ2) is 5.14. The highest BCUT2D eigenvalue weighted by Crippen LogP contribution is 2.26. The Bertz CT molecular complexity index is 583. The summed E-state index contributed by atoms with van der Waals surface area (Å²) in [6.07, 6.45) is 0.545. The summed E-state index contributed by atoms with van der Waals surface area (Å²) < 4.78 is 13.0. The van der Waals surface area contributed by atoms with E-state index in [9.17, 15) is 9.18 Å². The molecule has 0 radical (unpaired) electrons. The van der Waals surface area contributed by atoms with Gasteiger partial charge >= 0.3 is 5.97 Å². The molecule has 2 N–H and O–H groups in total. The van der Waals surface area contributed by atoms with Gasteiger partial charge in [0.05, 0.1) is 5.69 Å². The number of thiazole rings is 1. The summed E-state index contributed by atoms with van der Waals surface area (Å²) in [5.74, 6) is -1.35. The Morgan fingerprint density at radius 3 is 2.89 bits per heavy atom. The van der Waals surface area contributed by atoms with E-state index in [4.69, 9.17) is 5.11 Å². The van der Waals surface area contributed by atoms with Crippen molar-refractivity contribution < 1.29 is 14.3 Å². The Labute approximate surface area is 107 Å². The van der Waals surface area contributed by atoms with Crippen molar-refractivity contribution in [1.82, 2.24) is 4.98 Å². The average Bonchev–Trinajstić information content (AvgIpc) is 2.72. The van der Waals surface area contributed by atoms with Crippen molar-refractivity contribution in [1.29, 1.82) is 0 Å². The van der Waals surface area contributed by atoms with Gasteiger partial charge in [0.2, 0.25) is 0 Å². The molecule has 0 fully saturated rings. The predicted octanol–water partition coefficient (Wildman–Crippen LogP) is 3.29. The van der Waals surface area contributed by atoms with Gasteiger partial charge < -0.3 is 10.4 Å². The van der Waals surface area contributed by atoms with Gasteiger partial charge in [0.25, 0.3) is 0 Å². The molecule has 0 aliphatic carbocycles. The number of nitrogens with one attached hydrogen (secondary N) is 1. The number of benzene rings is 1. The summed E-state index contributed by atoms with van der Waals surface area (Å²) in [7, 11) is 0. The molecule has 0 atom stereocenters. The smallest absolute Gasteiger partial charge is 0.347 e. The monoisotopic (exact) mass is 266 g/mol. The van der Waals surface area contributed by atoms with Gasteiger partial charge in [-0.15, -0.1) is 0 Å². The highest BCUT2D eigenvalue weighted by molar-refractivity contribution is 7.17. The fourth-order valence-corrected chi connectivity index (χ4v) is 2.41. The summed E-state index contributed by atoms with van der Waals surface area (Å²) in [6, 6.07) is 5.93. The van der Waals surface area contributed by atoms with Crippen LogP contribution in [0.2, 0.25) is 0 Å². The van der Waals surface area contributed by atoms with Crippen molar-refractivity contribution >= 4 is 28.1 Å². The number of hydrogen-bond donors (Lipinski definition) is 2. The predicted molar refractivity (Wildman–Crippen MR) is 68.1 cm³/mol. The van der Waals surface area contributed by atoms with Crippen LogP contribution in [-0.2, 0) is 6.42 Å². The fraction of sp³-hybridized carbons (Fsp3) is 0.167. The molecular formula is C12H11FN2O2S. The first-order valence-corrected chi connectivity index (χ1v) is 6.17. The van der Waals surface area contributed by atoms with Gasteiger partial charge in [0, 0.05) is 5.69 Å². The molecule has 0 aliphatic heterocycles. The maximum atomic E-state index is 13.0. The van der Waals surface area contributed by atoms with Crippen molar-refractivity contribution in [3.8, 4) is 0 Å². The molecule has 94 valence electrons. The Kier molecular flexibility index (Phi) is 3.57. The van der Waals surface area contributed by atoms with E-state index in [2.05, 4.69) is 10.3 Å². The van der Waals surface area contributed by atoms with Crippen molar-refractivity contribution in [2.45, 2.75) is 13.3 Å². The first-order valence-electron chi connectivity index (χ1n) is 5.35. The zero-order chi connectivity index (χ0) is 13.1. The van der Waals surface area contributed by atoms with Gasteiger partial charge in [-0.2, -0.15) is 0 Å². The number of carbonyl (C=O) groups is 1. The summed E-state index contributed by atoms with van der Waals surface area (Å²) in [5.41, 5.74) is 1.08. The topological polar surface area (TPSA) is 62.2 Å². The molecule has 18 heavy (non-hydrogen) atoms. The molecule has 0 aliphatic rings. The molecule has 0 saturated heterocycles. The van der Waals surface area contributed by atoms with Crippen LogP contribution in [0.4, 0.5) is 15.2 Å². The quantitative estimate of drug-likeness (QED) is 0.891. The van der Waals surface area contributed by atoms with Gasteiger partial charge in [-0.05, 0) is 24.6 Å². The van der Waals surface area contributed by atoms with E-state index in [-0.39, 0.29) is 10.7 Å². The maximum Gasteiger partial charge on any atom is 0.347 e. The lowest BCUT2D eigenvalue weighted by Crippen LogP contribution is -1.97. The molecule has 6 heteroatoms. The summed E-state index contributed by atoms with van der Waals surface area (Å²) in [5, 5.41) is 12.4. The van der Waals surface area contributed by atoms with E-state index >= 15 is 0 Å². The van der Waals surface area contributed by atoms with E-state index in [1.54, 1.807) is 12.1 Å². The fourth-order valence-electron chi connectivity index (χ4n) is 1.50. The molecular weight excluding hydrogens is 255 g/mol. The van der Waals surface area contributed by atoms with E-state index in [1.807, 2.05) is 6.92 Å². The van der Waals surface area contributed by atoms with E-state index in [0.29, 0.717) is 22.9 Å². The van der Waals surface area contributed by atoms with Crippen LogP contribution in [0.15, 0.2) is 24.3 Å². The van der Waals surface area contributed by atoms with Gasteiger partial charge in [0.15, 0.2) is 5.13 Å². The second-order valence-electron chi connectivity index (χ2n) is 3.59. The lowest BCUT2D eigenvalue weighted by molar-refractivity contribution is 0.0701. The second-order valence-corrected chi connectivity index (χ2v) is 4.59. The third kappa shape index (κ3) is 2.65. The van der Waals surface area contributed by atoms with Crippen LogP contribution < -0.4 is 5.32 Å². The number of hydrogen-bond acceptors (Lipinski definition) is 4. The van der Waals surface area contributed by atoms with Gasteiger partial charge in [-0.1, -0.05) is 24.3 Å². The van der Waals surface area contributed by atoms with Crippen molar-refractivity contribution in [3.63, 3.8) is 0 Å². The number of carboxylic acid groups (broad SMARTS) is 1. The Balaban J connectivity index is 2.27. The number of carboxylic acids is 1. The molecule has 1 aromatic heterocycles. The van der Waals surface area contributed by atoms with Crippen LogP contribution in [0.1, 0.15) is 22.3 Å². The number of anilines is 2. The number of aryl methyl sites for hydroxylation is 1. The third-order valence-corrected chi connectivity index (χ3v) is 3.30. The van der Waals surface area contributed by atoms with Crippen LogP contribution >= 0.6 is 11.3 Å². The minimum absolute atomic E-state index is 0.219. The van der Waals surface area contributed by atoms with Crippen LogP contribution in [0, 0.1) is 5.82 Å². The molecule has 4 nitrogen and oxygen atoms in total. The van der Waals surface area contributed by atoms with E-state index in [1.165, 1.54) is 12.1 Å². The lowest BCUT2D eigenvalue weighted by Gasteiger charge is -2.01. The van der Waals surface area contributed by atoms with Gasteiger partial charge in [-0.3, -0.25) is 0 Å². The molecule has 0 amide bonds. The zero-order valence-electron chi connectivity index (χ0n) is 9.61. The molecule has 0 bridgehead atoms. The van der Waals surface area contributed by atoms with Crippen molar-refractivity contribution in [3.05, 3.63) is 40.7 Å². The van der Waals surface area contributed by atoms with E-state index in [0.717, 1.165) is 11.3 Å². The van der Waals surface area contributed by atoms with Crippen LogP contribution in [0.25, 0.3) is 0 Å². The number of aromatic carboxylic acids is 1. The maximum absolute atomic E-state index is 13.0. The largest absolute Gasteiger partial charge is 0.477 e. The molecule has 0 unspecified atom stereocenters. The molecule has 2 rings (SSSR count). The Morgan fingerprint density at radius 2 is 2.33 bits per heavy atom. The first-order chi connectivity index (χ1) is 8.60. The van der Waals surface area contributed by atoms with Gasteiger partial charge in [0.1, 0.15) is 10.7 Å². The minimum atomic E-state index is -0.989. The Morgan fingerprint density at radius 1 is 1.56 bits per heavy atom. The lowest BCUT2D eigenvalue weighted by atomic mass is 10.3. The van der Waals surface area contributed by atoms with Crippen LogP contribution in [0.3, 0.4) is 0 Å². The first kappa shape index (κ1) is 12.5. The minimum Gasteiger partial charge on any atom is -0.477 e. The Hall–Kier alpha value is -1.95. The molecule has 1 heterocycles. The van der Waals surface area contributed by atoms with Crippen molar-refractivity contribution in [2.75, 3.05) is 5.32 Å². The number of aromatic nitrogens is 1. The summed E-state index contributed by atoms with van der Waals surface area (Å²) >= 11 is 1.05. The van der Waals surface area contributed by atoms with Crippen molar-refractivity contribution in [2.24, 2.45) is 0 Å². The van der Waals surface area contributed by atoms with Crippen LogP contribution in [-0.4, -0.2) is 16.1 Å². The SMILES string of the molecule is CCc1nc(Nc2cccc(F)c2)sc1C(=O)O. The highest BCUT2D eigenvalue weighted by atomic mass is 32.1. The van der Waals surface area contributed by atoms with E-state index < -0.39 is 5.97 Å². The zero-order valence-corrected chi connectivity index (χ0v) is 10.4. The standard InChI is InChI=1S/C12H11FN2O2S/c1-2-9-10(11(16)17)18-12(15-9)14-8-5-3-4-7(13)6-8/h3-6H,2H2,1H3,(H,14,15)(H,16,17). The molecule has 0 saturated carbocycles. The van der Waals surface area contributed by atoms with Gasteiger partial charge in [-0.25, -0.2) is 14.2 Å². The average molecular weight is 266 g/mol. The normalized spacial score (nSPS) is 10.3. The van der Waals surface area contributed by atoms with Crippen LogP contribution in [0.5, 0.6) is 0 Å². The highest BCUT2D eigenvalue weighted by Gasteiger charge is 2.15.